The number of carboxylic acid groups (broad SMARTS) is 1. The molecule has 3 heteroatoms. The van der Waals surface area contributed by atoms with Crippen molar-refractivity contribution in [1.29, 1.82) is 0 Å². The molecule has 0 fully saturated rings. The normalized spacial score (nSPS) is 12.4. The second-order valence-corrected chi connectivity index (χ2v) is 2.97. The van der Waals surface area contributed by atoms with Gasteiger partial charge in [-0.2, -0.15) is 0 Å². The summed E-state index contributed by atoms with van der Waals surface area (Å²) < 4.78 is 0. The third-order valence-electron chi connectivity index (χ3n) is 2.05. The van der Waals surface area contributed by atoms with Gasteiger partial charge in [0.15, 0.2) is 0 Å². The van der Waals surface area contributed by atoms with Crippen molar-refractivity contribution in [3.05, 3.63) is 29.8 Å². The Balaban J connectivity index is 2.92. The largest absolute Gasteiger partial charge is 0.481 e. The summed E-state index contributed by atoms with van der Waals surface area (Å²) in [5.74, 6) is -1.20. The minimum Gasteiger partial charge on any atom is -0.481 e. The molecule has 3 N–H and O–H groups in total. The molecular formula is C10H13NO2. The van der Waals surface area contributed by atoms with E-state index in [1.165, 1.54) is 0 Å². The molecule has 0 aromatic heterocycles. The van der Waals surface area contributed by atoms with E-state index in [0.29, 0.717) is 12.1 Å². The molecule has 0 radical (unpaired) electrons. The van der Waals surface area contributed by atoms with Crippen LogP contribution in [0, 0.1) is 0 Å². The average molecular weight is 179 g/mol. The van der Waals surface area contributed by atoms with Crippen molar-refractivity contribution in [3.63, 3.8) is 0 Å². The fraction of sp³-hybridized carbons (Fsp3) is 0.300. The monoisotopic (exact) mass is 179 g/mol. The summed E-state index contributed by atoms with van der Waals surface area (Å²) in [4.78, 5) is 10.8. The Kier molecular flexibility index (Phi) is 2.90. The van der Waals surface area contributed by atoms with Crippen molar-refractivity contribution in [2.24, 2.45) is 0 Å². The van der Waals surface area contributed by atoms with Gasteiger partial charge in [0.1, 0.15) is 0 Å². The Hall–Kier alpha value is -1.51. The van der Waals surface area contributed by atoms with Crippen LogP contribution in [0.5, 0.6) is 0 Å². The van der Waals surface area contributed by atoms with Crippen LogP contribution in [0.25, 0.3) is 0 Å². The highest BCUT2D eigenvalue weighted by Crippen LogP contribution is 2.20. The van der Waals surface area contributed by atoms with Crippen LogP contribution < -0.4 is 5.73 Å². The fourth-order valence-electron chi connectivity index (χ4n) is 1.28. The summed E-state index contributed by atoms with van der Waals surface area (Å²) in [5, 5.41) is 8.86. The quantitative estimate of drug-likeness (QED) is 0.696. The predicted octanol–water partition coefficient (Wildman–Crippen LogP) is 1.85. The van der Waals surface area contributed by atoms with Crippen molar-refractivity contribution in [2.75, 3.05) is 5.73 Å². The fourth-order valence-corrected chi connectivity index (χ4v) is 1.28. The van der Waals surface area contributed by atoms with E-state index in [1.807, 2.05) is 6.92 Å². The zero-order valence-corrected chi connectivity index (χ0v) is 7.53. The highest BCUT2D eigenvalue weighted by atomic mass is 16.4. The molecule has 0 bridgehead atoms. The van der Waals surface area contributed by atoms with E-state index in [4.69, 9.17) is 10.8 Å². The topological polar surface area (TPSA) is 63.3 Å². The molecular weight excluding hydrogens is 166 g/mol. The summed E-state index contributed by atoms with van der Waals surface area (Å²) in [6.45, 7) is 1.86. The first-order valence-corrected chi connectivity index (χ1v) is 4.23. The standard InChI is InChI=1S/C10H13NO2/c1-2-9(10(12)13)7-3-5-8(11)6-4-7/h3-6,9H,2,11H2,1H3,(H,12,13)/t9-/m0/s1. The Morgan fingerprint density at radius 2 is 2.00 bits per heavy atom. The molecule has 0 amide bonds. The van der Waals surface area contributed by atoms with E-state index in [2.05, 4.69) is 0 Å². The van der Waals surface area contributed by atoms with Crippen LogP contribution in [0.2, 0.25) is 0 Å². The number of nitrogens with two attached hydrogens (primary N) is 1. The van der Waals surface area contributed by atoms with Gasteiger partial charge < -0.3 is 10.8 Å². The van der Waals surface area contributed by atoms with E-state index >= 15 is 0 Å². The van der Waals surface area contributed by atoms with E-state index in [1.54, 1.807) is 24.3 Å². The van der Waals surface area contributed by atoms with Gasteiger partial charge in [-0.3, -0.25) is 4.79 Å². The molecule has 0 heterocycles. The Morgan fingerprint density at radius 1 is 1.46 bits per heavy atom. The SMILES string of the molecule is CC[C@H](C(=O)O)c1ccc(N)cc1. The van der Waals surface area contributed by atoms with Crippen molar-refractivity contribution in [3.8, 4) is 0 Å². The summed E-state index contributed by atoms with van der Waals surface area (Å²) in [6, 6.07) is 6.97. The molecule has 0 aliphatic heterocycles. The number of carbonyl (C=O) groups is 1. The second-order valence-electron chi connectivity index (χ2n) is 2.97. The van der Waals surface area contributed by atoms with Gasteiger partial charge in [0.2, 0.25) is 0 Å². The molecule has 1 aromatic carbocycles. The lowest BCUT2D eigenvalue weighted by Crippen LogP contribution is -2.10. The summed E-state index contributed by atoms with van der Waals surface area (Å²) in [7, 11) is 0. The van der Waals surface area contributed by atoms with Gasteiger partial charge in [0.25, 0.3) is 0 Å². The lowest BCUT2D eigenvalue weighted by Gasteiger charge is -2.09. The maximum Gasteiger partial charge on any atom is 0.310 e. The Labute approximate surface area is 77.2 Å². The molecule has 13 heavy (non-hydrogen) atoms. The summed E-state index contributed by atoms with van der Waals surface area (Å²) in [6.07, 6.45) is 0.596. The molecule has 0 saturated heterocycles. The molecule has 1 rings (SSSR count). The van der Waals surface area contributed by atoms with Crippen LogP contribution >= 0.6 is 0 Å². The molecule has 0 spiro atoms. The average Bonchev–Trinajstić information content (AvgIpc) is 2.09. The van der Waals surface area contributed by atoms with E-state index < -0.39 is 11.9 Å². The van der Waals surface area contributed by atoms with Crippen molar-refractivity contribution < 1.29 is 9.90 Å². The lowest BCUT2D eigenvalue weighted by molar-refractivity contribution is -0.138. The van der Waals surface area contributed by atoms with Crippen molar-refractivity contribution in [1.82, 2.24) is 0 Å². The molecule has 3 nitrogen and oxygen atoms in total. The van der Waals surface area contributed by atoms with Crippen molar-refractivity contribution in [2.45, 2.75) is 19.3 Å². The number of nitrogen functional groups attached to an aromatic ring is 1. The molecule has 0 unspecified atom stereocenters. The predicted molar refractivity (Wildman–Crippen MR) is 51.5 cm³/mol. The third-order valence-corrected chi connectivity index (χ3v) is 2.05. The second kappa shape index (κ2) is 3.94. The van der Waals surface area contributed by atoms with Crippen molar-refractivity contribution >= 4 is 11.7 Å². The van der Waals surface area contributed by atoms with Crippen LogP contribution in [-0.4, -0.2) is 11.1 Å². The number of hydrogen-bond acceptors (Lipinski definition) is 2. The molecule has 1 aromatic rings. The maximum atomic E-state index is 10.8. The molecule has 70 valence electrons. The number of carboxylic acids is 1. The summed E-state index contributed by atoms with van der Waals surface area (Å²) >= 11 is 0. The zero-order valence-electron chi connectivity index (χ0n) is 7.53. The minimum absolute atomic E-state index is 0.416. The van der Waals surface area contributed by atoms with Gasteiger partial charge in [0, 0.05) is 5.69 Å². The van der Waals surface area contributed by atoms with E-state index in [-0.39, 0.29) is 0 Å². The third kappa shape index (κ3) is 2.21. The van der Waals surface area contributed by atoms with Gasteiger partial charge in [-0.05, 0) is 24.1 Å². The van der Waals surface area contributed by atoms with E-state index in [9.17, 15) is 4.79 Å². The zero-order chi connectivity index (χ0) is 9.84. The first kappa shape index (κ1) is 9.58. The number of anilines is 1. The van der Waals surface area contributed by atoms with Crippen LogP contribution in [0.1, 0.15) is 24.8 Å². The van der Waals surface area contributed by atoms with Gasteiger partial charge in [0.05, 0.1) is 5.92 Å². The minimum atomic E-state index is -0.785. The van der Waals surface area contributed by atoms with Gasteiger partial charge in [-0.15, -0.1) is 0 Å². The smallest absolute Gasteiger partial charge is 0.310 e. The highest BCUT2D eigenvalue weighted by Gasteiger charge is 2.16. The highest BCUT2D eigenvalue weighted by molar-refractivity contribution is 5.76. The molecule has 0 aliphatic rings. The maximum absolute atomic E-state index is 10.8. The van der Waals surface area contributed by atoms with Gasteiger partial charge in [-0.25, -0.2) is 0 Å². The van der Waals surface area contributed by atoms with E-state index in [0.717, 1.165) is 5.56 Å². The molecule has 0 aliphatic carbocycles. The lowest BCUT2D eigenvalue weighted by atomic mass is 9.97. The molecule has 1 atom stereocenters. The molecule has 0 saturated carbocycles. The Morgan fingerprint density at radius 3 is 2.38 bits per heavy atom. The van der Waals surface area contributed by atoms with Gasteiger partial charge >= 0.3 is 5.97 Å². The summed E-state index contributed by atoms with van der Waals surface area (Å²) in [5.41, 5.74) is 6.96. The number of hydrogen-bond donors (Lipinski definition) is 2. The number of aliphatic carboxylic acids is 1. The Bertz CT molecular complexity index is 292. The van der Waals surface area contributed by atoms with Gasteiger partial charge in [-0.1, -0.05) is 19.1 Å². The number of benzene rings is 1. The van der Waals surface area contributed by atoms with Crippen LogP contribution in [0.15, 0.2) is 24.3 Å². The van der Waals surface area contributed by atoms with Crippen LogP contribution in [0.4, 0.5) is 5.69 Å². The number of rotatable bonds is 3. The first-order chi connectivity index (χ1) is 6.15. The first-order valence-electron chi connectivity index (χ1n) is 4.23. The van der Waals surface area contributed by atoms with Crippen LogP contribution in [0.3, 0.4) is 0 Å². The van der Waals surface area contributed by atoms with Crippen LogP contribution in [-0.2, 0) is 4.79 Å².